The van der Waals surface area contributed by atoms with Crippen molar-refractivity contribution in [2.24, 2.45) is 0 Å². The normalized spacial score (nSPS) is 11.2. The van der Waals surface area contributed by atoms with E-state index in [0.29, 0.717) is 11.1 Å². The summed E-state index contributed by atoms with van der Waals surface area (Å²) in [4.78, 5) is 0. The number of fused-ring (bicyclic) bond motifs is 6. The summed E-state index contributed by atoms with van der Waals surface area (Å²) in [5.74, 6) is 3.00. The number of aromatic nitrogens is 2. The number of hydrogen-bond acceptors (Lipinski definition) is 6. The fourth-order valence-electron chi connectivity index (χ4n) is 7.85. The molecule has 0 saturated carbocycles. The first-order valence-corrected chi connectivity index (χ1v) is 18.0. The third-order valence-corrected chi connectivity index (χ3v) is 10.6. The van der Waals surface area contributed by atoms with E-state index < -0.39 is 0 Å². The van der Waals surface area contributed by atoms with Crippen LogP contribution in [-0.4, -0.2) is 37.6 Å². The molecule has 9 aromatic rings. The van der Waals surface area contributed by atoms with E-state index in [1.165, 1.54) is 0 Å². The predicted octanol–water partition coefficient (Wildman–Crippen LogP) is 11.0. The highest BCUT2D eigenvalue weighted by Gasteiger charge is 2.24. The van der Waals surface area contributed by atoms with Crippen molar-refractivity contribution >= 4 is 43.6 Å². The lowest BCUT2D eigenvalue weighted by molar-refractivity contribution is 0.415. The van der Waals surface area contributed by atoms with Crippen LogP contribution in [0.5, 0.6) is 23.0 Å². The first kappa shape index (κ1) is 34.1. The summed E-state index contributed by atoms with van der Waals surface area (Å²) in [6.45, 7) is 0. The Morgan fingerprint density at radius 3 is 0.911 bits per heavy atom. The lowest BCUT2D eigenvalue weighted by Crippen LogP contribution is -2.05. The number of ether oxygens (including phenoxy) is 4. The Morgan fingerprint density at radius 2 is 0.661 bits per heavy atom. The maximum absolute atomic E-state index is 9.69. The van der Waals surface area contributed by atoms with Gasteiger partial charge < -0.3 is 28.1 Å². The maximum atomic E-state index is 9.69. The van der Waals surface area contributed by atoms with Crippen molar-refractivity contribution in [1.82, 2.24) is 9.13 Å². The Morgan fingerprint density at radius 1 is 0.375 bits per heavy atom. The van der Waals surface area contributed by atoms with Crippen LogP contribution < -0.4 is 18.9 Å². The standard InChI is InChI=1S/C48H34N4O4/c1-53-33-13-17-43-39(21-33)40-22-34(54-2)14-18-44(40)51(43)47-25-37(31-9-5-29(27-49)6-10-31)38(32-11-7-30(28-50)8-12-32)26-48(47)52-45-19-15-35(55-3)23-41(45)42-24-36(56-4)16-20-46(42)52/h5-26H,1-4H3. The van der Waals surface area contributed by atoms with Crippen molar-refractivity contribution in [3.8, 4) is 68.8 Å². The van der Waals surface area contributed by atoms with E-state index in [9.17, 15) is 10.5 Å². The molecule has 0 radical (unpaired) electrons. The van der Waals surface area contributed by atoms with Crippen molar-refractivity contribution < 1.29 is 18.9 Å². The van der Waals surface area contributed by atoms with E-state index in [-0.39, 0.29) is 0 Å². The molecule has 0 aliphatic carbocycles. The zero-order valence-corrected chi connectivity index (χ0v) is 31.1. The third kappa shape index (κ3) is 5.43. The molecule has 0 fully saturated rings. The zero-order chi connectivity index (χ0) is 38.5. The van der Waals surface area contributed by atoms with E-state index in [1.807, 2.05) is 72.8 Å². The van der Waals surface area contributed by atoms with Crippen LogP contribution >= 0.6 is 0 Å². The highest BCUT2D eigenvalue weighted by Crippen LogP contribution is 2.45. The first-order valence-electron chi connectivity index (χ1n) is 18.0. The molecule has 56 heavy (non-hydrogen) atoms. The molecule has 0 saturated heterocycles. The molecule has 0 aliphatic rings. The van der Waals surface area contributed by atoms with Gasteiger partial charge in [-0.25, -0.2) is 0 Å². The van der Waals surface area contributed by atoms with Gasteiger partial charge in [0, 0.05) is 21.5 Å². The average molecular weight is 731 g/mol. The minimum absolute atomic E-state index is 0.576. The first-order chi connectivity index (χ1) is 27.5. The van der Waals surface area contributed by atoms with Crippen LogP contribution in [0.2, 0.25) is 0 Å². The van der Waals surface area contributed by atoms with Crippen LogP contribution in [0.1, 0.15) is 11.1 Å². The van der Waals surface area contributed by atoms with E-state index >= 15 is 0 Å². The topological polar surface area (TPSA) is 94.4 Å². The Balaban J connectivity index is 1.48. The molecule has 9 rings (SSSR count). The molecule has 0 bridgehead atoms. The van der Waals surface area contributed by atoms with Gasteiger partial charge in [0.2, 0.25) is 0 Å². The molecule has 270 valence electrons. The van der Waals surface area contributed by atoms with E-state index in [1.54, 1.807) is 28.4 Å². The molecule has 0 atom stereocenters. The quantitative estimate of drug-likeness (QED) is 0.154. The number of hydrogen-bond donors (Lipinski definition) is 0. The molecule has 0 spiro atoms. The minimum Gasteiger partial charge on any atom is -0.497 e. The highest BCUT2D eigenvalue weighted by atomic mass is 16.5. The summed E-state index contributed by atoms with van der Waals surface area (Å²) in [6.07, 6.45) is 0. The second kappa shape index (κ2) is 13.6. The van der Waals surface area contributed by atoms with Crippen molar-refractivity contribution in [2.45, 2.75) is 0 Å². The SMILES string of the molecule is COc1ccc2c(c1)c1cc(OC)ccc1n2-c1cc(-c2ccc(C#N)cc2)c(-c2ccc(C#N)cc2)cc1-n1c2ccc(OC)cc2c2cc(OC)ccc21. The smallest absolute Gasteiger partial charge is 0.119 e. The van der Waals surface area contributed by atoms with Crippen LogP contribution in [0.3, 0.4) is 0 Å². The fourth-order valence-corrected chi connectivity index (χ4v) is 7.85. The average Bonchev–Trinajstić information content (AvgIpc) is 3.76. The van der Waals surface area contributed by atoms with E-state index in [2.05, 4.69) is 81.9 Å². The molecule has 0 unspecified atom stereocenters. The maximum Gasteiger partial charge on any atom is 0.119 e. The van der Waals surface area contributed by atoms with Crippen molar-refractivity contribution in [3.05, 3.63) is 145 Å². The van der Waals surface area contributed by atoms with Crippen LogP contribution in [0, 0.1) is 22.7 Å². The lowest BCUT2D eigenvalue weighted by atomic mass is 9.92. The molecule has 2 aromatic heterocycles. The van der Waals surface area contributed by atoms with Gasteiger partial charge in [-0.15, -0.1) is 0 Å². The summed E-state index contributed by atoms with van der Waals surface area (Å²) in [5.41, 5.74) is 10.7. The van der Waals surface area contributed by atoms with Gasteiger partial charge in [0.1, 0.15) is 23.0 Å². The van der Waals surface area contributed by atoms with Crippen LogP contribution in [0.15, 0.2) is 133 Å². The van der Waals surface area contributed by atoms with Gasteiger partial charge in [0.05, 0.1) is 85.1 Å². The zero-order valence-electron chi connectivity index (χ0n) is 31.1. The van der Waals surface area contributed by atoms with Crippen molar-refractivity contribution in [2.75, 3.05) is 28.4 Å². The number of methoxy groups -OCH3 is 4. The summed E-state index contributed by atoms with van der Waals surface area (Å²) >= 11 is 0. The number of benzene rings is 7. The van der Waals surface area contributed by atoms with Crippen LogP contribution in [0.4, 0.5) is 0 Å². The third-order valence-electron chi connectivity index (χ3n) is 10.6. The molecule has 8 nitrogen and oxygen atoms in total. The summed E-state index contributed by atoms with van der Waals surface area (Å²) < 4.78 is 27.5. The van der Waals surface area contributed by atoms with Gasteiger partial charge in [-0.3, -0.25) is 0 Å². The Labute approximate surface area is 323 Å². The van der Waals surface area contributed by atoms with Gasteiger partial charge in [-0.05, 0) is 131 Å². The van der Waals surface area contributed by atoms with Crippen LogP contribution in [-0.2, 0) is 0 Å². The van der Waals surface area contributed by atoms with Crippen molar-refractivity contribution in [3.63, 3.8) is 0 Å². The molecular weight excluding hydrogens is 697 g/mol. The van der Waals surface area contributed by atoms with Crippen molar-refractivity contribution in [1.29, 1.82) is 10.5 Å². The molecule has 0 amide bonds. The lowest BCUT2D eigenvalue weighted by Gasteiger charge is -2.21. The van der Waals surface area contributed by atoms with Gasteiger partial charge in [-0.2, -0.15) is 10.5 Å². The molecule has 8 heteroatoms. The molecule has 0 N–H and O–H groups in total. The number of nitrogens with zero attached hydrogens (tertiary/aromatic N) is 4. The van der Waals surface area contributed by atoms with Gasteiger partial charge >= 0.3 is 0 Å². The fraction of sp³-hybridized carbons (Fsp3) is 0.0833. The number of nitriles is 2. The Kier molecular flexibility index (Phi) is 8.30. The van der Waals surface area contributed by atoms with Crippen LogP contribution in [0.25, 0.3) is 77.2 Å². The molecule has 0 aliphatic heterocycles. The molecular formula is C48H34N4O4. The van der Waals surface area contributed by atoms with E-state index in [0.717, 1.165) is 100 Å². The second-order valence-corrected chi connectivity index (χ2v) is 13.5. The van der Waals surface area contributed by atoms with Gasteiger partial charge in [0.15, 0.2) is 0 Å². The highest BCUT2D eigenvalue weighted by molar-refractivity contribution is 6.13. The van der Waals surface area contributed by atoms with E-state index in [4.69, 9.17) is 18.9 Å². The summed E-state index contributed by atoms with van der Waals surface area (Å²) in [5, 5.41) is 23.4. The minimum atomic E-state index is 0.576. The van der Waals surface area contributed by atoms with Gasteiger partial charge in [-0.1, -0.05) is 24.3 Å². The molecule has 2 heterocycles. The monoisotopic (exact) mass is 730 g/mol. The molecule has 7 aromatic carbocycles. The largest absolute Gasteiger partial charge is 0.497 e. The Hall–Kier alpha value is -7.68. The van der Waals surface area contributed by atoms with Gasteiger partial charge in [0.25, 0.3) is 0 Å². The predicted molar refractivity (Wildman–Crippen MR) is 222 cm³/mol. The number of rotatable bonds is 8. The Bertz CT molecular complexity index is 2760. The second-order valence-electron chi connectivity index (χ2n) is 13.5. The summed E-state index contributed by atoms with van der Waals surface area (Å²) in [7, 11) is 6.71. The summed E-state index contributed by atoms with van der Waals surface area (Å²) in [6, 6.07) is 49.0.